The molecule has 2 fully saturated rings. The summed E-state index contributed by atoms with van der Waals surface area (Å²) < 4.78 is 5.93. The third kappa shape index (κ3) is 1.63. The van der Waals surface area contributed by atoms with Crippen LogP contribution < -0.4 is 5.73 Å². The molecular formula is C16H21NO. The van der Waals surface area contributed by atoms with E-state index in [2.05, 4.69) is 24.3 Å². The van der Waals surface area contributed by atoms with E-state index < -0.39 is 0 Å². The largest absolute Gasteiger partial charge is 0.375 e. The number of benzene rings is 1. The van der Waals surface area contributed by atoms with Crippen LogP contribution in [0.3, 0.4) is 0 Å². The fourth-order valence-electron chi connectivity index (χ4n) is 4.20. The molecular weight excluding hydrogens is 222 g/mol. The van der Waals surface area contributed by atoms with Gasteiger partial charge in [-0.05, 0) is 49.1 Å². The quantitative estimate of drug-likeness (QED) is 0.885. The van der Waals surface area contributed by atoms with Gasteiger partial charge in [-0.3, -0.25) is 0 Å². The normalized spacial score (nSPS) is 38.3. The molecule has 0 aromatic heterocycles. The lowest BCUT2D eigenvalue weighted by Gasteiger charge is -2.35. The van der Waals surface area contributed by atoms with E-state index in [1.165, 1.54) is 36.8 Å². The fraction of sp³-hybridized carbons (Fsp3) is 0.625. The van der Waals surface area contributed by atoms with Crippen molar-refractivity contribution in [1.82, 2.24) is 0 Å². The van der Waals surface area contributed by atoms with E-state index in [-0.39, 0.29) is 0 Å². The van der Waals surface area contributed by atoms with E-state index in [4.69, 9.17) is 10.5 Å². The lowest BCUT2D eigenvalue weighted by molar-refractivity contribution is 0.0873. The summed E-state index contributed by atoms with van der Waals surface area (Å²) in [7, 11) is 0. The number of hydrogen-bond donors (Lipinski definition) is 1. The maximum atomic E-state index is 6.45. The van der Waals surface area contributed by atoms with Gasteiger partial charge in [0.05, 0.1) is 12.2 Å². The molecule has 0 saturated carbocycles. The van der Waals surface area contributed by atoms with Gasteiger partial charge < -0.3 is 10.5 Å². The molecule has 18 heavy (non-hydrogen) atoms. The monoisotopic (exact) mass is 243 g/mol. The fourth-order valence-corrected chi connectivity index (χ4v) is 4.20. The highest BCUT2D eigenvalue weighted by Gasteiger charge is 2.44. The molecule has 1 aromatic rings. The molecule has 0 radical (unpaired) electrons. The Kier molecular flexibility index (Phi) is 2.49. The molecule has 96 valence electrons. The third-order valence-electron chi connectivity index (χ3n) is 5.22. The SMILES string of the molecule is NC(CC1Cc2ccccc21)C1CC2CCC1O2. The average molecular weight is 243 g/mol. The number of fused-ring (bicyclic) bond motifs is 3. The van der Waals surface area contributed by atoms with Gasteiger partial charge in [0.1, 0.15) is 0 Å². The molecule has 2 heterocycles. The minimum absolute atomic E-state index is 0.332. The van der Waals surface area contributed by atoms with Crippen molar-refractivity contribution in [2.45, 2.75) is 56.3 Å². The summed E-state index contributed by atoms with van der Waals surface area (Å²) in [6.07, 6.45) is 7.09. The van der Waals surface area contributed by atoms with Crippen LogP contribution in [0.15, 0.2) is 24.3 Å². The zero-order valence-corrected chi connectivity index (χ0v) is 10.7. The molecule has 3 aliphatic rings. The Labute approximate surface area is 109 Å². The predicted octanol–water partition coefficient (Wildman–Crippen LogP) is 2.61. The van der Waals surface area contributed by atoms with E-state index >= 15 is 0 Å². The standard InChI is InChI=1S/C16H21NO/c17-15(14-9-12-5-6-16(14)18-12)8-11-7-10-3-1-2-4-13(10)11/h1-4,11-12,14-16H,5-9,17H2. The lowest BCUT2D eigenvalue weighted by Crippen LogP contribution is -2.39. The van der Waals surface area contributed by atoms with Crippen LogP contribution >= 0.6 is 0 Å². The van der Waals surface area contributed by atoms with Gasteiger partial charge in [-0.1, -0.05) is 24.3 Å². The van der Waals surface area contributed by atoms with Crippen LogP contribution in [0.4, 0.5) is 0 Å². The molecule has 2 N–H and O–H groups in total. The number of hydrogen-bond acceptors (Lipinski definition) is 2. The van der Waals surface area contributed by atoms with Crippen LogP contribution in [0.1, 0.15) is 42.7 Å². The Morgan fingerprint density at radius 3 is 2.89 bits per heavy atom. The third-order valence-corrected chi connectivity index (χ3v) is 5.22. The summed E-state index contributed by atoms with van der Waals surface area (Å²) in [4.78, 5) is 0. The first-order valence-electron chi connectivity index (χ1n) is 7.30. The van der Waals surface area contributed by atoms with Crippen LogP contribution in [-0.2, 0) is 11.2 Å². The second-order valence-electron chi connectivity index (χ2n) is 6.27. The summed E-state index contributed by atoms with van der Waals surface area (Å²) in [5.41, 5.74) is 9.52. The van der Waals surface area contributed by atoms with Crippen molar-refractivity contribution in [2.75, 3.05) is 0 Å². The molecule has 0 spiro atoms. The minimum Gasteiger partial charge on any atom is -0.375 e. The van der Waals surface area contributed by atoms with Gasteiger partial charge in [-0.2, -0.15) is 0 Å². The van der Waals surface area contributed by atoms with Crippen molar-refractivity contribution in [3.63, 3.8) is 0 Å². The zero-order chi connectivity index (χ0) is 12.1. The first-order chi connectivity index (χ1) is 8.81. The van der Waals surface area contributed by atoms with Crippen molar-refractivity contribution in [1.29, 1.82) is 0 Å². The topological polar surface area (TPSA) is 35.2 Å². The molecule has 1 aliphatic carbocycles. The molecule has 2 nitrogen and oxygen atoms in total. The van der Waals surface area contributed by atoms with Gasteiger partial charge in [0, 0.05) is 12.0 Å². The minimum atomic E-state index is 0.332. The number of rotatable bonds is 3. The number of ether oxygens (including phenoxy) is 1. The molecule has 5 unspecified atom stereocenters. The molecule has 0 amide bonds. The molecule has 2 heteroatoms. The zero-order valence-electron chi connectivity index (χ0n) is 10.7. The van der Waals surface area contributed by atoms with Crippen LogP contribution in [0, 0.1) is 5.92 Å². The molecule has 4 rings (SSSR count). The van der Waals surface area contributed by atoms with Crippen molar-refractivity contribution in [3.05, 3.63) is 35.4 Å². The highest BCUT2D eigenvalue weighted by molar-refractivity contribution is 5.39. The lowest BCUT2D eigenvalue weighted by atomic mass is 9.71. The van der Waals surface area contributed by atoms with Gasteiger partial charge in [0.2, 0.25) is 0 Å². The smallest absolute Gasteiger partial charge is 0.0623 e. The summed E-state index contributed by atoms with van der Waals surface area (Å²) >= 11 is 0. The van der Waals surface area contributed by atoms with E-state index in [9.17, 15) is 0 Å². The van der Waals surface area contributed by atoms with Crippen LogP contribution in [0.2, 0.25) is 0 Å². The maximum Gasteiger partial charge on any atom is 0.0623 e. The van der Waals surface area contributed by atoms with Crippen molar-refractivity contribution < 1.29 is 4.74 Å². The molecule has 2 bridgehead atoms. The second-order valence-corrected chi connectivity index (χ2v) is 6.27. The van der Waals surface area contributed by atoms with E-state index in [0.29, 0.717) is 30.1 Å². The van der Waals surface area contributed by atoms with Crippen molar-refractivity contribution in [3.8, 4) is 0 Å². The number of nitrogens with two attached hydrogens (primary N) is 1. The van der Waals surface area contributed by atoms with Crippen LogP contribution in [0.5, 0.6) is 0 Å². The summed E-state index contributed by atoms with van der Waals surface area (Å²) in [5, 5.41) is 0. The Balaban J connectivity index is 1.41. The maximum absolute atomic E-state index is 6.45. The van der Waals surface area contributed by atoms with E-state index in [0.717, 1.165) is 6.42 Å². The van der Waals surface area contributed by atoms with Crippen molar-refractivity contribution >= 4 is 0 Å². The molecule has 5 atom stereocenters. The van der Waals surface area contributed by atoms with E-state index in [1.54, 1.807) is 0 Å². The van der Waals surface area contributed by atoms with Gasteiger partial charge in [-0.25, -0.2) is 0 Å². The summed E-state index contributed by atoms with van der Waals surface area (Å²) in [6.45, 7) is 0. The first kappa shape index (κ1) is 11.0. The Hall–Kier alpha value is -0.860. The molecule has 2 aliphatic heterocycles. The summed E-state index contributed by atoms with van der Waals surface area (Å²) in [5.74, 6) is 1.33. The van der Waals surface area contributed by atoms with Crippen molar-refractivity contribution in [2.24, 2.45) is 11.7 Å². The van der Waals surface area contributed by atoms with Gasteiger partial charge in [0.25, 0.3) is 0 Å². The average Bonchev–Trinajstić information content (AvgIpc) is 2.98. The van der Waals surface area contributed by atoms with Gasteiger partial charge in [0.15, 0.2) is 0 Å². The molecule has 2 saturated heterocycles. The Bertz CT molecular complexity index is 458. The first-order valence-corrected chi connectivity index (χ1v) is 7.30. The second kappa shape index (κ2) is 4.07. The van der Waals surface area contributed by atoms with Crippen LogP contribution in [-0.4, -0.2) is 18.2 Å². The molecule has 1 aromatic carbocycles. The van der Waals surface area contributed by atoms with Gasteiger partial charge >= 0.3 is 0 Å². The highest BCUT2D eigenvalue weighted by atomic mass is 16.5. The van der Waals surface area contributed by atoms with E-state index in [1.807, 2.05) is 0 Å². The Morgan fingerprint density at radius 2 is 2.17 bits per heavy atom. The highest BCUT2D eigenvalue weighted by Crippen LogP contribution is 2.44. The Morgan fingerprint density at radius 1 is 1.28 bits per heavy atom. The van der Waals surface area contributed by atoms with Crippen LogP contribution in [0.25, 0.3) is 0 Å². The van der Waals surface area contributed by atoms with Gasteiger partial charge in [-0.15, -0.1) is 0 Å². The summed E-state index contributed by atoms with van der Waals surface area (Å²) in [6, 6.07) is 9.14. The predicted molar refractivity (Wildman–Crippen MR) is 71.5 cm³/mol.